The Kier molecular flexibility index (Phi) is 6.45. The number of carbonyl (C=O) groups is 1. The number of amides is 1. The van der Waals surface area contributed by atoms with Gasteiger partial charge in [0.05, 0.1) is 35.4 Å². The van der Waals surface area contributed by atoms with E-state index in [1.165, 1.54) is 0 Å². The maximum absolute atomic E-state index is 13.2. The van der Waals surface area contributed by atoms with Gasteiger partial charge in [0, 0.05) is 29.7 Å². The summed E-state index contributed by atoms with van der Waals surface area (Å²) < 4.78 is 7.18. The average Bonchev–Trinajstić information content (AvgIpc) is 3.67. The van der Waals surface area contributed by atoms with Crippen LogP contribution in [-0.2, 0) is 0 Å². The number of carbonyl (C=O) groups excluding carboxylic acids is 1. The average molecular weight is 531 g/mol. The molecule has 0 aliphatic heterocycles. The molecule has 0 spiro atoms. The van der Waals surface area contributed by atoms with Crippen LogP contribution in [0, 0.1) is 0 Å². The molecule has 0 fully saturated rings. The lowest BCUT2D eigenvalue weighted by atomic mass is 10.0. The number of ether oxygens (including phenoxy) is 1. The summed E-state index contributed by atoms with van der Waals surface area (Å²) in [7, 11) is 1.57. The predicted molar refractivity (Wildman–Crippen MR) is 152 cm³/mol. The van der Waals surface area contributed by atoms with Crippen molar-refractivity contribution in [2.45, 2.75) is 13.0 Å². The van der Waals surface area contributed by atoms with Crippen molar-refractivity contribution in [1.82, 2.24) is 30.0 Å². The van der Waals surface area contributed by atoms with Crippen molar-refractivity contribution in [3.8, 4) is 39.8 Å². The standard InChI is InChI=1S/C31H26N6O3/c1-19(22-7-3-4-9-27(22)37-16-6-15-33-37)34-30(39)21-10-12-25-26(18-21)36-29(35-25)24-17-20(11-13-28(24)38)23-8-5-14-32-31(23)40-2/h3-19,38H,1-2H3,(H,34,39)(H,35,36). The van der Waals surface area contributed by atoms with Gasteiger partial charge in [0.2, 0.25) is 5.88 Å². The molecule has 1 unspecified atom stereocenters. The number of imidazole rings is 1. The van der Waals surface area contributed by atoms with Gasteiger partial charge in [-0.15, -0.1) is 0 Å². The smallest absolute Gasteiger partial charge is 0.251 e. The highest BCUT2D eigenvalue weighted by Gasteiger charge is 2.18. The summed E-state index contributed by atoms with van der Waals surface area (Å²) in [6.07, 6.45) is 5.26. The molecule has 3 N–H and O–H groups in total. The molecule has 0 aliphatic rings. The number of aromatic hydroxyl groups is 1. The van der Waals surface area contributed by atoms with E-state index in [2.05, 4.69) is 20.4 Å². The number of phenols is 1. The molecule has 3 aromatic carbocycles. The van der Waals surface area contributed by atoms with E-state index >= 15 is 0 Å². The van der Waals surface area contributed by atoms with Crippen molar-refractivity contribution < 1.29 is 14.6 Å². The van der Waals surface area contributed by atoms with Crippen LogP contribution in [0.4, 0.5) is 0 Å². The van der Waals surface area contributed by atoms with Crippen LogP contribution in [0.1, 0.15) is 28.9 Å². The van der Waals surface area contributed by atoms with Crippen molar-refractivity contribution in [3.63, 3.8) is 0 Å². The van der Waals surface area contributed by atoms with E-state index < -0.39 is 0 Å². The highest BCUT2D eigenvalue weighted by atomic mass is 16.5. The third kappa shape index (κ3) is 4.64. The fourth-order valence-electron chi connectivity index (χ4n) is 4.77. The molecule has 1 amide bonds. The highest BCUT2D eigenvalue weighted by molar-refractivity contribution is 5.98. The van der Waals surface area contributed by atoms with Gasteiger partial charge >= 0.3 is 0 Å². The summed E-state index contributed by atoms with van der Waals surface area (Å²) in [6, 6.07) is 23.7. The van der Waals surface area contributed by atoms with Crippen LogP contribution < -0.4 is 10.1 Å². The second-order valence-corrected chi connectivity index (χ2v) is 9.31. The predicted octanol–water partition coefficient (Wildman–Crippen LogP) is 5.68. The highest BCUT2D eigenvalue weighted by Crippen LogP contribution is 2.35. The molecule has 0 aliphatic carbocycles. The second-order valence-electron chi connectivity index (χ2n) is 9.31. The molecule has 9 nitrogen and oxygen atoms in total. The molecule has 6 rings (SSSR count). The maximum Gasteiger partial charge on any atom is 0.251 e. The number of methoxy groups -OCH3 is 1. The molecule has 0 bridgehead atoms. The number of benzene rings is 3. The van der Waals surface area contributed by atoms with E-state index in [0.717, 1.165) is 27.9 Å². The van der Waals surface area contributed by atoms with E-state index in [1.54, 1.807) is 48.5 Å². The lowest BCUT2D eigenvalue weighted by molar-refractivity contribution is 0.0940. The molecule has 3 aromatic heterocycles. The van der Waals surface area contributed by atoms with E-state index in [1.807, 2.05) is 67.7 Å². The fourth-order valence-corrected chi connectivity index (χ4v) is 4.77. The Morgan fingerprint density at radius 1 is 1.00 bits per heavy atom. The molecule has 0 saturated carbocycles. The number of hydrogen-bond acceptors (Lipinski definition) is 6. The number of pyridine rings is 1. The van der Waals surface area contributed by atoms with Crippen LogP contribution in [-0.4, -0.2) is 42.9 Å². The van der Waals surface area contributed by atoms with Gasteiger partial charge in [0.15, 0.2) is 0 Å². The summed E-state index contributed by atoms with van der Waals surface area (Å²) in [6.45, 7) is 1.94. The molecule has 40 heavy (non-hydrogen) atoms. The lowest BCUT2D eigenvalue weighted by Gasteiger charge is -2.18. The van der Waals surface area contributed by atoms with Crippen molar-refractivity contribution in [2.24, 2.45) is 0 Å². The van der Waals surface area contributed by atoms with Crippen LogP contribution in [0.3, 0.4) is 0 Å². The van der Waals surface area contributed by atoms with Crippen molar-refractivity contribution in [2.75, 3.05) is 7.11 Å². The number of para-hydroxylation sites is 1. The van der Waals surface area contributed by atoms with Crippen molar-refractivity contribution >= 4 is 16.9 Å². The number of hydrogen-bond donors (Lipinski definition) is 3. The van der Waals surface area contributed by atoms with Crippen molar-refractivity contribution in [1.29, 1.82) is 0 Å². The summed E-state index contributed by atoms with van der Waals surface area (Å²) in [5.74, 6) is 0.827. The van der Waals surface area contributed by atoms with Gasteiger partial charge in [-0.2, -0.15) is 5.10 Å². The van der Waals surface area contributed by atoms with Gasteiger partial charge in [-0.05, 0) is 72.6 Å². The van der Waals surface area contributed by atoms with Gasteiger partial charge in [-0.1, -0.05) is 24.3 Å². The maximum atomic E-state index is 13.2. The first-order chi connectivity index (χ1) is 19.5. The third-order valence-electron chi connectivity index (χ3n) is 6.77. The van der Waals surface area contributed by atoms with Crippen LogP contribution in [0.2, 0.25) is 0 Å². The van der Waals surface area contributed by atoms with Crippen LogP contribution in [0.15, 0.2) is 97.5 Å². The molecular formula is C31H26N6O3. The van der Waals surface area contributed by atoms with E-state index in [9.17, 15) is 9.90 Å². The number of aromatic nitrogens is 5. The Morgan fingerprint density at radius 3 is 2.70 bits per heavy atom. The Bertz CT molecular complexity index is 1830. The molecule has 0 radical (unpaired) electrons. The SMILES string of the molecule is COc1ncccc1-c1ccc(O)c(-c2nc3cc(C(=O)NC(C)c4ccccc4-n4cccn4)ccc3[nH]2)c1. The first kappa shape index (κ1) is 24.9. The number of nitrogens with zero attached hydrogens (tertiary/aromatic N) is 4. The summed E-state index contributed by atoms with van der Waals surface area (Å²) in [5, 5.41) is 18.1. The zero-order chi connectivity index (χ0) is 27.6. The number of phenolic OH excluding ortho intramolecular Hbond substituents is 1. The number of nitrogens with one attached hydrogen (secondary N) is 2. The topological polar surface area (TPSA) is 118 Å². The minimum absolute atomic E-state index is 0.0771. The largest absolute Gasteiger partial charge is 0.507 e. The zero-order valence-corrected chi connectivity index (χ0v) is 21.9. The first-order valence-electron chi connectivity index (χ1n) is 12.7. The molecular weight excluding hydrogens is 504 g/mol. The Balaban J connectivity index is 1.28. The lowest BCUT2D eigenvalue weighted by Crippen LogP contribution is -2.27. The Morgan fingerprint density at radius 2 is 1.88 bits per heavy atom. The van der Waals surface area contributed by atoms with Crippen LogP contribution in [0.25, 0.3) is 39.2 Å². The van der Waals surface area contributed by atoms with Crippen molar-refractivity contribution in [3.05, 3.63) is 109 Å². The number of aromatic amines is 1. The van der Waals surface area contributed by atoms with Gasteiger partial charge < -0.3 is 20.1 Å². The third-order valence-corrected chi connectivity index (χ3v) is 6.77. The summed E-state index contributed by atoms with van der Waals surface area (Å²) >= 11 is 0. The first-order valence-corrected chi connectivity index (χ1v) is 12.7. The van der Waals surface area contributed by atoms with Gasteiger partial charge in [-0.25, -0.2) is 14.6 Å². The summed E-state index contributed by atoms with van der Waals surface area (Å²) in [4.78, 5) is 25.5. The number of fused-ring (bicyclic) bond motifs is 1. The summed E-state index contributed by atoms with van der Waals surface area (Å²) in [5.41, 5.74) is 5.82. The van der Waals surface area contributed by atoms with Gasteiger partial charge in [0.25, 0.3) is 5.91 Å². The fraction of sp³-hybridized carbons (Fsp3) is 0.0968. The minimum Gasteiger partial charge on any atom is -0.507 e. The minimum atomic E-state index is -0.262. The Labute approximate surface area is 230 Å². The van der Waals surface area contributed by atoms with E-state index in [-0.39, 0.29) is 17.7 Å². The molecule has 198 valence electrons. The monoisotopic (exact) mass is 530 g/mol. The van der Waals surface area contributed by atoms with E-state index in [4.69, 9.17) is 9.72 Å². The Hall–Kier alpha value is -5.44. The molecule has 6 aromatic rings. The van der Waals surface area contributed by atoms with Gasteiger partial charge in [0.1, 0.15) is 11.6 Å². The number of H-pyrrole nitrogens is 1. The molecule has 0 saturated heterocycles. The number of rotatable bonds is 7. The van der Waals surface area contributed by atoms with Gasteiger partial charge in [-0.3, -0.25) is 4.79 Å². The quantitative estimate of drug-likeness (QED) is 0.244. The molecule has 9 heteroatoms. The zero-order valence-electron chi connectivity index (χ0n) is 21.9. The van der Waals surface area contributed by atoms with E-state index in [0.29, 0.717) is 28.3 Å². The van der Waals surface area contributed by atoms with Crippen LogP contribution >= 0.6 is 0 Å². The molecule has 3 heterocycles. The van der Waals surface area contributed by atoms with Crippen LogP contribution in [0.5, 0.6) is 11.6 Å². The second kappa shape index (κ2) is 10.4. The molecule has 1 atom stereocenters. The normalized spacial score (nSPS) is 11.8.